The van der Waals surface area contributed by atoms with Crippen molar-refractivity contribution in [2.45, 2.75) is 52.2 Å². The number of hydrogen-bond acceptors (Lipinski definition) is 4. The van der Waals surface area contributed by atoms with E-state index < -0.39 is 0 Å². The molecule has 2 heterocycles. The molecule has 0 radical (unpaired) electrons. The van der Waals surface area contributed by atoms with Gasteiger partial charge in [0.15, 0.2) is 0 Å². The Labute approximate surface area is 150 Å². The summed E-state index contributed by atoms with van der Waals surface area (Å²) in [5.41, 5.74) is 2.95. The van der Waals surface area contributed by atoms with E-state index >= 15 is 0 Å². The van der Waals surface area contributed by atoms with Crippen molar-refractivity contribution in [3.63, 3.8) is 0 Å². The standard InChI is InChI=1S/C21H28N2O2/c1-14-5-3-7-21(2)10-19-16(9-18(14)21)17(20(24)25-19)13-23-12-15-6-4-8-22-11-15/h4,6,8-9,11,14,16-17,19,23H,3,5,7,10,12-13H2,1-2H3/t14-,16+,17?,19+,21+/m0/s1. The monoisotopic (exact) mass is 340 g/mol. The third-order valence-electron chi connectivity index (χ3n) is 6.50. The zero-order chi connectivity index (χ0) is 17.4. The van der Waals surface area contributed by atoms with Gasteiger partial charge < -0.3 is 10.1 Å². The number of carbonyl (C=O) groups is 1. The summed E-state index contributed by atoms with van der Waals surface area (Å²) in [6.07, 6.45) is 10.9. The normalized spacial score (nSPS) is 37.0. The first-order valence-corrected chi connectivity index (χ1v) is 9.59. The average molecular weight is 340 g/mol. The highest BCUT2D eigenvalue weighted by Gasteiger charge is 2.51. The molecule has 134 valence electrons. The molecule has 3 aliphatic rings. The number of hydrogen-bond donors (Lipinski definition) is 1. The molecule has 4 rings (SSSR count). The smallest absolute Gasteiger partial charge is 0.311 e. The van der Waals surface area contributed by atoms with E-state index in [1.807, 2.05) is 18.3 Å². The molecule has 5 atom stereocenters. The number of pyridine rings is 1. The van der Waals surface area contributed by atoms with E-state index in [2.05, 4.69) is 30.2 Å². The Balaban J connectivity index is 1.47. The largest absolute Gasteiger partial charge is 0.461 e. The van der Waals surface area contributed by atoms with Crippen LogP contribution in [0.5, 0.6) is 0 Å². The molecule has 0 bridgehead atoms. The predicted octanol–water partition coefficient (Wildman–Crippen LogP) is 3.49. The summed E-state index contributed by atoms with van der Waals surface area (Å²) in [5.74, 6) is 0.783. The number of ether oxygens (including phenoxy) is 1. The van der Waals surface area contributed by atoms with Crippen LogP contribution >= 0.6 is 0 Å². The van der Waals surface area contributed by atoms with Gasteiger partial charge in [-0.3, -0.25) is 9.78 Å². The minimum atomic E-state index is -0.0622. The molecule has 4 heteroatoms. The summed E-state index contributed by atoms with van der Waals surface area (Å²) >= 11 is 0. The molecular weight excluding hydrogens is 312 g/mol. The van der Waals surface area contributed by atoms with Gasteiger partial charge in [0.25, 0.3) is 0 Å². The zero-order valence-electron chi connectivity index (χ0n) is 15.2. The third-order valence-corrected chi connectivity index (χ3v) is 6.50. The van der Waals surface area contributed by atoms with Crippen molar-refractivity contribution < 1.29 is 9.53 Å². The van der Waals surface area contributed by atoms with E-state index in [0.717, 1.165) is 18.5 Å². The zero-order valence-corrected chi connectivity index (χ0v) is 15.2. The van der Waals surface area contributed by atoms with Gasteiger partial charge in [0.1, 0.15) is 6.10 Å². The molecule has 1 aromatic heterocycles. The number of aromatic nitrogens is 1. The van der Waals surface area contributed by atoms with Gasteiger partial charge in [-0.25, -0.2) is 0 Å². The average Bonchev–Trinajstić information content (AvgIpc) is 2.88. The number of esters is 1. The third kappa shape index (κ3) is 3.12. The number of fused-ring (bicyclic) bond motifs is 2. The van der Waals surface area contributed by atoms with Crippen molar-refractivity contribution in [3.05, 3.63) is 41.7 Å². The quantitative estimate of drug-likeness (QED) is 0.673. The molecule has 0 amide bonds. The van der Waals surface area contributed by atoms with Gasteiger partial charge >= 0.3 is 5.97 Å². The maximum absolute atomic E-state index is 12.5. The Morgan fingerprint density at radius 1 is 1.44 bits per heavy atom. The summed E-state index contributed by atoms with van der Waals surface area (Å²) in [4.78, 5) is 16.6. The van der Waals surface area contributed by atoms with Crippen LogP contribution < -0.4 is 5.32 Å². The van der Waals surface area contributed by atoms with Gasteiger partial charge in [-0.2, -0.15) is 0 Å². The molecule has 1 unspecified atom stereocenters. The molecule has 1 saturated heterocycles. The highest BCUT2D eigenvalue weighted by molar-refractivity contribution is 5.76. The molecule has 0 spiro atoms. The van der Waals surface area contributed by atoms with Crippen LogP contribution in [-0.2, 0) is 16.1 Å². The molecule has 4 nitrogen and oxygen atoms in total. The SMILES string of the molecule is C[C@H]1CCC[C@]2(C)C[C@H]3OC(=O)C(CNCc4cccnc4)[C@H]3C=C12. The fourth-order valence-corrected chi connectivity index (χ4v) is 5.16. The van der Waals surface area contributed by atoms with E-state index in [9.17, 15) is 4.79 Å². The summed E-state index contributed by atoms with van der Waals surface area (Å²) in [6.45, 7) is 6.12. The number of rotatable bonds is 4. The number of nitrogens with zero attached hydrogens (tertiary/aromatic N) is 1. The van der Waals surface area contributed by atoms with Crippen molar-refractivity contribution >= 4 is 5.97 Å². The van der Waals surface area contributed by atoms with Crippen LogP contribution in [0.4, 0.5) is 0 Å². The van der Waals surface area contributed by atoms with Gasteiger partial charge in [-0.05, 0) is 42.2 Å². The number of nitrogens with one attached hydrogen (secondary N) is 1. The maximum atomic E-state index is 12.5. The van der Waals surface area contributed by atoms with Gasteiger partial charge in [-0.1, -0.05) is 38.0 Å². The molecule has 1 aliphatic heterocycles. The summed E-state index contributed by atoms with van der Waals surface area (Å²) in [7, 11) is 0. The fourth-order valence-electron chi connectivity index (χ4n) is 5.16. The van der Waals surface area contributed by atoms with Crippen LogP contribution in [0.2, 0.25) is 0 Å². The molecular formula is C21H28N2O2. The molecule has 1 saturated carbocycles. The minimum Gasteiger partial charge on any atom is -0.461 e. The number of carbonyl (C=O) groups excluding carboxylic acids is 1. The van der Waals surface area contributed by atoms with E-state index in [1.54, 1.807) is 11.8 Å². The van der Waals surface area contributed by atoms with Gasteiger partial charge in [0, 0.05) is 31.4 Å². The van der Waals surface area contributed by atoms with E-state index in [-0.39, 0.29) is 29.3 Å². The first-order chi connectivity index (χ1) is 12.1. The fraction of sp³-hybridized carbons (Fsp3) is 0.619. The van der Waals surface area contributed by atoms with Crippen LogP contribution in [0.15, 0.2) is 36.2 Å². The predicted molar refractivity (Wildman–Crippen MR) is 96.6 cm³/mol. The molecule has 2 aliphatic carbocycles. The first-order valence-electron chi connectivity index (χ1n) is 9.59. The Morgan fingerprint density at radius 2 is 2.32 bits per heavy atom. The topological polar surface area (TPSA) is 51.2 Å². The van der Waals surface area contributed by atoms with Crippen molar-refractivity contribution in [1.82, 2.24) is 10.3 Å². The number of allylic oxidation sites excluding steroid dienone is 1. The Hall–Kier alpha value is -1.68. The Bertz CT molecular complexity index is 672. The Morgan fingerprint density at radius 3 is 3.12 bits per heavy atom. The van der Waals surface area contributed by atoms with Crippen LogP contribution in [0, 0.1) is 23.2 Å². The molecule has 1 aromatic rings. The van der Waals surface area contributed by atoms with Crippen molar-refractivity contribution in [2.24, 2.45) is 23.2 Å². The lowest BCUT2D eigenvalue weighted by Gasteiger charge is -2.46. The van der Waals surface area contributed by atoms with Crippen LogP contribution in [0.3, 0.4) is 0 Å². The van der Waals surface area contributed by atoms with Crippen LogP contribution in [-0.4, -0.2) is 23.6 Å². The second-order valence-electron chi connectivity index (χ2n) is 8.33. The lowest BCUT2D eigenvalue weighted by atomic mass is 9.59. The van der Waals surface area contributed by atoms with E-state index in [0.29, 0.717) is 12.5 Å². The second-order valence-corrected chi connectivity index (χ2v) is 8.33. The van der Waals surface area contributed by atoms with Gasteiger partial charge in [0.2, 0.25) is 0 Å². The maximum Gasteiger partial charge on any atom is 0.311 e. The summed E-state index contributed by atoms with van der Waals surface area (Å²) in [6, 6.07) is 3.99. The second kappa shape index (κ2) is 6.56. The van der Waals surface area contributed by atoms with Crippen molar-refractivity contribution in [3.8, 4) is 0 Å². The lowest BCUT2D eigenvalue weighted by Crippen LogP contribution is -2.40. The van der Waals surface area contributed by atoms with Crippen LogP contribution in [0.25, 0.3) is 0 Å². The summed E-state index contributed by atoms with van der Waals surface area (Å²) < 4.78 is 5.79. The van der Waals surface area contributed by atoms with E-state index in [1.165, 1.54) is 19.3 Å². The highest BCUT2D eigenvalue weighted by Crippen LogP contribution is 2.53. The summed E-state index contributed by atoms with van der Waals surface area (Å²) in [5, 5.41) is 3.43. The first kappa shape index (κ1) is 16.8. The van der Waals surface area contributed by atoms with Crippen molar-refractivity contribution in [2.75, 3.05) is 6.54 Å². The lowest BCUT2D eigenvalue weighted by molar-refractivity contribution is -0.145. The van der Waals surface area contributed by atoms with E-state index in [4.69, 9.17) is 4.74 Å². The molecule has 1 N–H and O–H groups in total. The molecule has 25 heavy (non-hydrogen) atoms. The molecule has 0 aromatic carbocycles. The van der Waals surface area contributed by atoms with Crippen LogP contribution in [0.1, 0.15) is 45.1 Å². The highest BCUT2D eigenvalue weighted by atomic mass is 16.6. The van der Waals surface area contributed by atoms with Gasteiger partial charge in [-0.15, -0.1) is 0 Å². The molecule has 2 fully saturated rings. The Kier molecular flexibility index (Phi) is 4.40. The van der Waals surface area contributed by atoms with Crippen molar-refractivity contribution in [1.29, 1.82) is 0 Å². The van der Waals surface area contributed by atoms with Gasteiger partial charge in [0.05, 0.1) is 5.92 Å². The minimum absolute atomic E-state index is 0.0274.